The summed E-state index contributed by atoms with van der Waals surface area (Å²) in [4.78, 5) is 32.5. The number of carbonyl (C=O) groups is 2. The highest BCUT2D eigenvalue weighted by molar-refractivity contribution is 6.21. The van der Waals surface area contributed by atoms with Crippen molar-refractivity contribution < 1.29 is 14.0 Å². The van der Waals surface area contributed by atoms with Gasteiger partial charge in [0.15, 0.2) is 0 Å². The Bertz CT molecular complexity index is 1260. The van der Waals surface area contributed by atoms with Crippen LogP contribution in [0.2, 0.25) is 0 Å². The van der Waals surface area contributed by atoms with Gasteiger partial charge in [-0.15, -0.1) is 0 Å². The zero-order valence-electron chi connectivity index (χ0n) is 18.1. The molecule has 0 fully saturated rings. The third-order valence-corrected chi connectivity index (χ3v) is 6.05. The van der Waals surface area contributed by atoms with Crippen LogP contribution in [0.1, 0.15) is 35.2 Å². The molecule has 0 spiro atoms. The quantitative estimate of drug-likeness (QED) is 0.642. The largest absolute Gasteiger partial charge is 0.332 e. The molecule has 0 saturated carbocycles. The molecule has 3 aromatic rings. The van der Waals surface area contributed by atoms with Gasteiger partial charge in [0.25, 0.3) is 5.91 Å². The van der Waals surface area contributed by atoms with Crippen molar-refractivity contribution in [2.45, 2.75) is 25.6 Å². The number of anilines is 1. The number of benzene rings is 3. The second-order valence-electron chi connectivity index (χ2n) is 8.16. The van der Waals surface area contributed by atoms with Crippen molar-refractivity contribution in [1.29, 1.82) is 0 Å². The lowest BCUT2D eigenvalue weighted by molar-refractivity contribution is -0.120. The molecule has 3 aromatic carbocycles. The van der Waals surface area contributed by atoms with Gasteiger partial charge in [0.05, 0.1) is 17.4 Å². The maximum absolute atomic E-state index is 14.8. The molecule has 7 heteroatoms. The summed E-state index contributed by atoms with van der Waals surface area (Å²) in [6.07, 6.45) is -0.482. The summed E-state index contributed by atoms with van der Waals surface area (Å²) in [5.74, 6) is -0.774. The van der Waals surface area contributed by atoms with Crippen molar-refractivity contribution in [3.8, 4) is 0 Å². The second-order valence-corrected chi connectivity index (χ2v) is 8.16. The standard InChI is InChI=1S/C26H23FN4O2/c1-16(17-8-3-2-4-9-17)28-26(33)30-24-25(32)31-15-14-18-10-7-12-20(23(18)31)22(29-24)19-11-5-6-13-21(19)27/h2-13,16,24H,14-15H2,1H3,(H2,28,30,33)/t16-,24+/m0/s1. The maximum Gasteiger partial charge on any atom is 0.317 e. The van der Waals surface area contributed by atoms with E-state index in [9.17, 15) is 14.0 Å². The second kappa shape index (κ2) is 8.50. The number of nitrogens with zero attached hydrogens (tertiary/aromatic N) is 2. The Labute approximate surface area is 191 Å². The average molecular weight is 442 g/mol. The number of hydrogen-bond donors (Lipinski definition) is 2. The molecule has 2 aliphatic heterocycles. The Morgan fingerprint density at radius 3 is 2.55 bits per heavy atom. The monoisotopic (exact) mass is 442 g/mol. The Hall–Kier alpha value is -4.00. The van der Waals surface area contributed by atoms with Gasteiger partial charge in [-0.2, -0.15) is 0 Å². The summed E-state index contributed by atoms with van der Waals surface area (Å²) >= 11 is 0. The molecule has 0 aliphatic carbocycles. The molecule has 2 heterocycles. The van der Waals surface area contributed by atoms with E-state index in [1.807, 2.05) is 55.5 Å². The molecule has 33 heavy (non-hydrogen) atoms. The Morgan fingerprint density at radius 1 is 1.03 bits per heavy atom. The summed E-state index contributed by atoms with van der Waals surface area (Å²) in [6.45, 7) is 2.35. The summed E-state index contributed by atoms with van der Waals surface area (Å²) in [6, 6.07) is 20.8. The van der Waals surface area contributed by atoms with E-state index in [1.165, 1.54) is 6.07 Å². The van der Waals surface area contributed by atoms with Crippen LogP contribution in [0.15, 0.2) is 77.8 Å². The average Bonchev–Trinajstić information content (AvgIpc) is 3.22. The molecule has 2 N–H and O–H groups in total. The number of para-hydroxylation sites is 1. The zero-order valence-corrected chi connectivity index (χ0v) is 18.1. The van der Waals surface area contributed by atoms with Crippen molar-refractivity contribution in [3.63, 3.8) is 0 Å². The predicted octanol–water partition coefficient (Wildman–Crippen LogP) is 3.95. The first kappa shape index (κ1) is 20.9. The number of aliphatic imine (C=N–C) groups is 1. The number of urea groups is 1. The van der Waals surface area contributed by atoms with E-state index in [0.29, 0.717) is 24.2 Å². The first-order chi connectivity index (χ1) is 16.0. The fourth-order valence-corrected chi connectivity index (χ4v) is 4.42. The Morgan fingerprint density at radius 2 is 1.76 bits per heavy atom. The van der Waals surface area contributed by atoms with Gasteiger partial charge in [-0.25, -0.2) is 14.2 Å². The highest BCUT2D eigenvalue weighted by atomic mass is 19.1. The van der Waals surface area contributed by atoms with Crippen molar-refractivity contribution in [2.24, 2.45) is 4.99 Å². The van der Waals surface area contributed by atoms with Gasteiger partial charge in [0, 0.05) is 17.7 Å². The van der Waals surface area contributed by atoms with Gasteiger partial charge in [-0.05, 0) is 36.6 Å². The first-order valence-electron chi connectivity index (χ1n) is 10.9. The van der Waals surface area contributed by atoms with Crippen molar-refractivity contribution in [1.82, 2.24) is 10.6 Å². The van der Waals surface area contributed by atoms with E-state index < -0.39 is 18.0 Å². The smallest absolute Gasteiger partial charge is 0.317 e. The molecular formula is C26H23FN4O2. The van der Waals surface area contributed by atoms with E-state index >= 15 is 0 Å². The molecule has 0 saturated heterocycles. The van der Waals surface area contributed by atoms with Crippen molar-refractivity contribution in [3.05, 3.63) is 101 Å². The number of carbonyl (C=O) groups excluding carboxylic acids is 2. The Kier molecular flexibility index (Phi) is 5.38. The van der Waals surface area contributed by atoms with Crippen LogP contribution in [0, 0.1) is 5.82 Å². The minimum Gasteiger partial charge on any atom is -0.332 e. The van der Waals surface area contributed by atoms with Crippen LogP contribution in [0.25, 0.3) is 0 Å². The molecule has 2 aliphatic rings. The number of halogens is 1. The fourth-order valence-electron chi connectivity index (χ4n) is 4.42. The molecule has 5 rings (SSSR count). The summed E-state index contributed by atoms with van der Waals surface area (Å²) < 4.78 is 14.8. The minimum absolute atomic E-state index is 0.266. The summed E-state index contributed by atoms with van der Waals surface area (Å²) in [7, 11) is 0. The molecule has 2 atom stereocenters. The van der Waals surface area contributed by atoms with Crippen LogP contribution >= 0.6 is 0 Å². The molecule has 0 aromatic heterocycles. The van der Waals surface area contributed by atoms with Crippen molar-refractivity contribution in [2.75, 3.05) is 11.4 Å². The van der Waals surface area contributed by atoms with Crippen LogP contribution in [0.5, 0.6) is 0 Å². The SMILES string of the molecule is C[C@H](NC(=O)N[C@H]1N=C(c2ccccc2F)c2cccc3c2N(CC3)C1=O)c1ccccc1. The molecular weight excluding hydrogens is 419 g/mol. The Balaban J connectivity index is 1.50. The van der Waals surface area contributed by atoms with Crippen LogP contribution in [-0.2, 0) is 11.2 Å². The number of nitrogens with one attached hydrogen (secondary N) is 2. The predicted molar refractivity (Wildman–Crippen MR) is 125 cm³/mol. The topological polar surface area (TPSA) is 73.8 Å². The van der Waals surface area contributed by atoms with Gasteiger partial charge in [0.1, 0.15) is 5.82 Å². The van der Waals surface area contributed by atoms with E-state index in [0.717, 1.165) is 16.8 Å². The highest BCUT2D eigenvalue weighted by Gasteiger charge is 2.37. The summed E-state index contributed by atoms with van der Waals surface area (Å²) in [5, 5.41) is 5.55. The maximum atomic E-state index is 14.8. The highest BCUT2D eigenvalue weighted by Crippen LogP contribution is 2.36. The molecule has 3 amide bonds. The normalized spacial score (nSPS) is 17.6. The number of rotatable bonds is 4. The third kappa shape index (κ3) is 3.86. The van der Waals surface area contributed by atoms with E-state index in [4.69, 9.17) is 0 Å². The van der Waals surface area contributed by atoms with E-state index in [2.05, 4.69) is 15.6 Å². The lowest BCUT2D eigenvalue weighted by Gasteiger charge is -2.22. The van der Waals surface area contributed by atoms with E-state index in [1.54, 1.807) is 23.1 Å². The zero-order chi connectivity index (χ0) is 22.9. The van der Waals surface area contributed by atoms with Gasteiger partial charge in [-0.1, -0.05) is 60.7 Å². The number of hydrogen-bond acceptors (Lipinski definition) is 3. The van der Waals surface area contributed by atoms with Gasteiger partial charge in [-0.3, -0.25) is 4.79 Å². The molecule has 0 unspecified atom stereocenters. The molecule has 0 radical (unpaired) electrons. The van der Waals surface area contributed by atoms with Crippen LogP contribution in [0.4, 0.5) is 14.9 Å². The minimum atomic E-state index is -1.18. The van der Waals surface area contributed by atoms with Gasteiger partial charge in [0.2, 0.25) is 6.17 Å². The van der Waals surface area contributed by atoms with Crippen LogP contribution in [-0.4, -0.2) is 30.4 Å². The summed E-state index contributed by atoms with van der Waals surface area (Å²) in [5.41, 5.74) is 4.01. The van der Waals surface area contributed by atoms with Crippen LogP contribution < -0.4 is 15.5 Å². The fraction of sp³-hybridized carbons (Fsp3) is 0.192. The lowest BCUT2D eigenvalue weighted by atomic mass is 9.98. The molecule has 6 nitrogen and oxygen atoms in total. The molecule has 166 valence electrons. The number of amides is 3. The lowest BCUT2D eigenvalue weighted by Crippen LogP contribution is -2.50. The van der Waals surface area contributed by atoms with Crippen molar-refractivity contribution >= 4 is 23.3 Å². The van der Waals surface area contributed by atoms with Crippen LogP contribution in [0.3, 0.4) is 0 Å². The third-order valence-electron chi connectivity index (χ3n) is 6.05. The van der Waals surface area contributed by atoms with Gasteiger partial charge < -0.3 is 15.5 Å². The molecule has 0 bridgehead atoms. The van der Waals surface area contributed by atoms with Gasteiger partial charge >= 0.3 is 6.03 Å². The first-order valence-corrected chi connectivity index (χ1v) is 10.9. The van der Waals surface area contributed by atoms with E-state index in [-0.39, 0.29) is 17.5 Å².